The van der Waals surface area contributed by atoms with E-state index in [1.54, 1.807) is 0 Å². The Morgan fingerprint density at radius 1 is 0.952 bits per heavy atom. The Bertz CT molecular complexity index is 403. The first-order valence-electron chi connectivity index (χ1n) is 8.47. The van der Waals surface area contributed by atoms with Crippen molar-refractivity contribution in [1.82, 2.24) is 5.32 Å². The van der Waals surface area contributed by atoms with Crippen molar-refractivity contribution >= 4 is 0 Å². The molecule has 1 aromatic carbocycles. The molecule has 1 atom stereocenters. The van der Waals surface area contributed by atoms with E-state index in [-0.39, 0.29) is 5.41 Å². The minimum Gasteiger partial charge on any atom is -0.310 e. The smallest absolute Gasteiger partial charge is 0.0320 e. The summed E-state index contributed by atoms with van der Waals surface area (Å²) in [7, 11) is 0. The fraction of sp³-hybridized carbons (Fsp3) is 0.700. The normalized spacial score (nSPS) is 14.2. The Morgan fingerprint density at radius 2 is 1.52 bits per heavy atom. The van der Waals surface area contributed by atoms with Gasteiger partial charge in [-0.2, -0.15) is 0 Å². The Balaban J connectivity index is 2.82. The molecule has 0 fully saturated rings. The van der Waals surface area contributed by atoms with Gasteiger partial charge in [0.05, 0.1) is 0 Å². The predicted octanol–water partition coefficient (Wildman–Crippen LogP) is 5.85. The molecule has 0 saturated heterocycles. The molecule has 21 heavy (non-hydrogen) atoms. The molecule has 120 valence electrons. The SMILES string of the molecule is CCCNC(CCC(C)(C)C)c1ccc(C(C)(C)C)cc1. The van der Waals surface area contributed by atoms with E-state index in [1.807, 2.05) is 0 Å². The number of rotatable bonds is 6. The van der Waals surface area contributed by atoms with Gasteiger partial charge in [0.25, 0.3) is 0 Å². The van der Waals surface area contributed by atoms with Gasteiger partial charge in [0.2, 0.25) is 0 Å². The van der Waals surface area contributed by atoms with E-state index in [2.05, 4.69) is 78.0 Å². The zero-order valence-electron chi connectivity index (χ0n) is 15.2. The van der Waals surface area contributed by atoms with Crippen LogP contribution in [0.3, 0.4) is 0 Å². The second-order valence-electron chi connectivity index (χ2n) is 8.48. The van der Waals surface area contributed by atoms with Crippen molar-refractivity contribution in [3.05, 3.63) is 35.4 Å². The standard InChI is InChI=1S/C20H35N/c1-8-15-21-18(13-14-19(2,3)4)16-9-11-17(12-10-16)20(5,6)7/h9-12,18,21H,8,13-15H2,1-7H3. The minimum atomic E-state index is 0.232. The average molecular weight is 290 g/mol. The third kappa shape index (κ3) is 6.65. The van der Waals surface area contributed by atoms with E-state index in [1.165, 1.54) is 30.4 Å². The van der Waals surface area contributed by atoms with Crippen LogP contribution in [0, 0.1) is 5.41 Å². The summed E-state index contributed by atoms with van der Waals surface area (Å²) < 4.78 is 0. The highest BCUT2D eigenvalue weighted by Crippen LogP contribution is 2.29. The molecule has 1 heteroatoms. The molecule has 1 unspecified atom stereocenters. The largest absolute Gasteiger partial charge is 0.310 e. The molecule has 1 N–H and O–H groups in total. The topological polar surface area (TPSA) is 12.0 Å². The van der Waals surface area contributed by atoms with Crippen LogP contribution in [0.25, 0.3) is 0 Å². The number of nitrogens with one attached hydrogen (secondary N) is 1. The fourth-order valence-corrected chi connectivity index (χ4v) is 2.50. The maximum atomic E-state index is 3.72. The molecule has 1 aromatic rings. The third-order valence-corrected chi connectivity index (χ3v) is 4.00. The highest BCUT2D eigenvalue weighted by atomic mass is 14.9. The molecular formula is C20H35N. The lowest BCUT2D eigenvalue weighted by Gasteiger charge is -2.25. The monoisotopic (exact) mass is 289 g/mol. The summed E-state index contributed by atoms with van der Waals surface area (Å²) in [4.78, 5) is 0. The Hall–Kier alpha value is -0.820. The molecule has 0 saturated carbocycles. The van der Waals surface area contributed by atoms with Crippen LogP contribution in [-0.4, -0.2) is 6.54 Å². The highest BCUT2D eigenvalue weighted by Gasteiger charge is 2.18. The molecule has 0 spiro atoms. The molecule has 1 nitrogen and oxygen atoms in total. The van der Waals surface area contributed by atoms with Crippen molar-refractivity contribution in [1.29, 1.82) is 0 Å². The molecule has 0 aliphatic carbocycles. The predicted molar refractivity (Wildman–Crippen MR) is 94.9 cm³/mol. The quantitative estimate of drug-likeness (QED) is 0.692. The molecule has 0 bridgehead atoms. The first-order chi connectivity index (χ1) is 9.63. The summed E-state index contributed by atoms with van der Waals surface area (Å²) in [5, 5.41) is 3.72. The second kappa shape index (κ2) is 7.45. The zero-order valence-corrected chi connectivity index (χ0v) is 15.2. The Labute approximate surface area is 132 Å². The average Bonchev–Trinajstić information content (AvgIpc) is 2.37. The molecule has 0 aliphatic heterocycles. The Morgan fingerprint density at radius 3 is 1.95 bits per heavy atom. The van der Waals surface area contributed by atoms with Crippen LogP contribution in [0.5, 0.6) is 0 Å². The maximum Gasteiger partial charge on any atom is 0.0320 e. The van der Waals surface area contributed by atoms with Gasteiger partial charge in [-0.3, -0.25) is 0 Å². The van der Waals surface area contributed by atoms with Gasteiger partial charge in [-0.15, -0.1) is 0 Å². The molecule has 0 radical (unpaired) electrons. The van der Waals surface area contributed by atoms with E-state index in [0.29, 0.717) is 11.5 Å². The van der Waals surface area contributed by atoms with Crippen molar-refractivity contribution in [2.75, 3.05) is 6.54 Å². The molecular weight excluding hydrogens is 254 g/mol. The van der Waals surface area contributed by atoms with Crippen molar-refractivity contribution < 1.29 is 0 Å². The second-order valence-corrected chi connectivity index (χ2v) is 8.48. The van der Waals surface area contributed by atoms with Crippen LogP contribution in [-0.2, 0) is 5.41 Å². The molecule has 0 amide bonds. The van der Waals surface area contributed by atoms with Crippen LogP contribution in [0.1, 0.15) is 84.9 Å². The number of hydrogen-bond acceptors (Lipinski definition) is 1. The number of benzene rings is 1. The summed E-state index contributed by atoms with van der Waals surface area (Å²) in [5.74, 6) is 0. The minimum absolute atomic E-state index is 0.232. The lowest BCUT2D eigenvalue weighted by Crippen LogP contribution is -2.24. The van der Waals surface area contributed by atoms with Gasteiger partial charge >= 0.3 is 0 Å². The lowest BCUT2D eigenvalue weighted by atomic mass is 9.84. The summed E-state index contributed by atoms with van der Waals surface area (Å²) in [6, 6.07) is 9.71. The summed E-state index contributed by atoms with van der Waals surface area (Å²) >= 11 is 0. The van der Waals surface area contributed by atoms with Crippen LogP contribution in [0.15, 0.2) is 24.3 Å². The molecule has 0 aromatic heterocycles. The third-order valence-electron chi connectivity index (χ3n) is 4.00. The van der Waals surface area contributed by atoms with Gasteiger partial charge < -0.3 is 5.32 Å². The highest BCUT2D eigenvalue weighted by molar-refractivity contribution is 5.29. The lowest BCUT2D eigenvalue weighted by molar-refractivity contribution is 0.332. The van der Waals surface area contributed by atoms with Crippen LogP contribution < -0.4 is 5.32 Å². The van der Waals surface area contributed by atoms with E-state index >= 15 is 0 Å². The summed E-state index contributed by atoms with van der Waals surface area (Å²) in [5.41, 5.74) is 3.48. The zero-order chi connectivity index (χ0) is 16.1. The van der Waals surface area contributed by atoms with Crippen molar-refractivity contribution in [3.63, 3.8) is 0 Å². The van der Waals surface area contributed by atoms with E-state index in [9.17, 15) is 0 Å². The fourth-order valence-electron chi connectivity index (χ4n) is 2.50. The molecule has 0 heterocycles. The Kier molecular flexibility index (Phi) is 6.46. The van der Waals surface area contributed by atoms with Gasteiger partial charge in [-0.1, -0.05) is 72.7 Å². The van der Waals surface area contributed by atoms with E-state index in [0.717, 1.165) is 6.54 Å². The van der Waals surface area contributed by atoms with Gasteiger partial charge in [-0.05, 0) is 47.8 Å². The van der Waals surface area contributed by atoms with Gasteiger partial charge in [-0.25, -0.2) is 0 Å². The van der Waals surface area contributed by atoms with Crippen LogP contribution >= 0.6 is 0 Å². The van der Waals surface area contributed by atoms with E-state index in [4.69, 9.17) is 0 Å². The van der Waals surface area contributed by atoms with Gasteiger partial charge in [0.15, 0.2) is 0 Å². The summed E-state index contributed by atoms with van der Waals surface area (Å²) in [6.07, 6.45) is 3.64. The van der Waals surface area contributed by atoms with E-state index < -0.39 is 0 Å². The first-order valence-corrected chi connectivity index (χ1v) is 8.47. The van der Waals surface area contributed by atoms with Gasteiger partial charge in [0, 0.05) is 6.04 Å². The number of hydrogen-bond donors (Lipinski definition) is 1. The molecule has 0 aliphatic rings. The maximum absolute atomic E-state index is 3.72. The van der Waals surface area contributed by atoms with Crippen molar-refractivity contribution in [3.8, 4) is 0 Å². The van der Waals surface area contributed by atoms with Crippen molar-refractivity contribution in [2.45, 2.75) is 79.2 Å². The molecule has 1 rings (SSSR count). The summed E-state index contributed by atoms with van der Waals surface area (Å²) in [6.45, 7) is 17.1. The van der Waals surface area contributed by atoms with Crippen LogP contribution in [0.2, 0.25) is 0 Å². The van der Waals surface area contributed by atoms with Crippen molar-refractivity contribution in [2.24, 2.45) is 5.41 Å². The van der Waals surface area contributed by atoms with Gasteiger partial charge in [0.1, 0.15) is 0 Å². The first kappa shape index (κ1) is 18.2. The van der Waals surface area contributed by atoms with Crippen LogP contribution in [0.4, 0.5) is 0 Å².